The number of aliphatic hydroxyl groups excluding tert-OH is 3. The molecule has 1 aliphatic carbocycles. The van der Waals surface area contributed by atoms with Gasteiger partial charge in [0, 0.05) is 0 Å². The summed E-state index contributed by atoms with van der Waals surface area (Å²) in [7, 11) is 0. The zero-order chi connectivity index (χ0) is 13.2. The molecule has 4 N–H and O–H groups in total. The van der Waals surface area contributed by atoms with Crippen LogP contribution < -0.4 is 5.32 Å². The molecule has 0 radical (unpaired) electrons. The van der Waals surface area contributed by atoms with Gasteiger partial charge in [0.15, 0.2) is 0 Å². The van der Waals surface area contributed by atoms with Crippen LogP contribution in [0, 0.1) is 0 Å². The Morgan fingerprint density at radius 2 is 1.76 bits per heavy atom. The average Bonchev–Trinajstić information content (AvgIpc) is 2.16. The van der Waals surface area contributed by atoms with E-state index in [1.165, 1.54) is 12.2 Å². The molecule has 0 unspecified atom stereocenters. The summed E-state index contributed by atoms with van der Waals surface area (Å²) in [5, 5.41) is 30.7. The number of amides is 1. The summed E-state index contributed by atoms with van der Waals surface area (Å²) in [6, 6.07) is -0.775. The second kappa shape index (κ2) is 5.03. The second-order valence-electron chi connectivity index (χ2n) is 5.03. The molecule has 17 heavy (non-hydrogen) atoms. The van der Waals surface area contributed by atoms with Gasteiger partial charge in [-0.25, -0.2) is 4.79 Å². The van der Waals surface area contributed by atoms with Crippen molar-refractivity contribution < 1.29 is 24.9 Å². The molecular weight excluding hydrogens is 226 g/mol. The van der Waals surface area contributed by atoms with Crippen LogP contribution in [-0.4, -0.2) is 51.4 Å². The molecule has 0 spiro atoms. The molecule has 1 aliphatic rings. The Hall–Kier alpha value is -1.11. The van der Waals surface area contributed by atoms with Crippen LogP contribution in [0.15, 0.2) is 12.2 Å². The van der Waals surface area contributed by atoms with Gasteiger partial charge in [-0.1, -0.05) is 12.2 Å². The molecule has 0 heterocycles. The number of nitrogens with one attached hydrogen (secondary N) is 1. The second-order valence-corrected chi connectivity index (χ2v) is 5.03. The number of carbonyl (C=O) groups excluding carboxylic acids is 1. The van der Waals surface area contributed by atoms with Crippen molar-refractivity contribution in [2.75, 3.05) is 0 Å². The smallest absolute Gasteiger partial charge is 0.408 e. The van der Waals surface area contributed by atoms with Crippen LogP contribution >= 0.6 is 0 Å². The first-order valence-electron chi connectivity index (χ1n) is 5.43. The SMILES string of the molecule is CC(C)(C)OC(=O)N[C@H]1C=C[C@@H](O)[C@H](O)[C@H]1O. The lowest BCUT2D eigenvalue weighted by Gasteiger charge is -2.31. The molecule has 0 aliphatic heterocycles. The van der Waals surface area contributed by atoms with Gasteiger partial charge in [-0.2, -0.15) is 0 Å². The van der Waals surface area contributed by atoms with Crippen molar-refractivity contribution in [1.82, 2.24) is 5.32 Å². The molecule has 0 saturated heterocycles. The minimum atomic E-state index is -1.32. The maximum Gasteiger partial charge on any atom is 0.408 e. The Morgan fingerprint density at radius 3 is 2.29 bits per heavy atom. The van der Waals surface area contributed by atoms with Gasteiger partial charge in [-0.15, -0.1) is 0 Å². The molecule has 0 aromatic rings. The number of rotatable bonds is 1. The van der Waals surface area contributed by atoms with Gasteiger partial charge < -0.3 is 25.4 Å². The maximum absolute atomic E-state index is 11.4. The van der Waals surface area contributed by atoms with Crippen LogP contribution in [0.3, 0.4) is 0 Å². The van der Waals surface area contributed by atoms with Crippen LogP contribution in [0.25, 0.3) is 0 Å². The van der Waals surface area contributed by atoms with Crippen molar-refractivity contribution in [3.05, 3.63) is 12.2 Å². The van der Waals surface area contributed by atoms with Gasteiger partial charge in [0.1, 0.15) is 23.9 Å². The monoisotopic (exact) mass is 245 g/mol. The third-order valence-electron chi connectivity index (χ3n) is 2.27. The van der Waals surface area contributed by atoms with Crippen molar-refractivity contribution in [3.63, 3.8) is 0 Å². The molecule has 1 amide bonds. The summed E-state index contributed by atoms with van der Waals surface area (Å²) in [4.78, 5) is 11.4. The van der Waals surface area contributed by atoms with Crippen LogP contribution in [0.5, 0.6) is 0 Å². The lowest BCUT2D eigenvalue weighted by Crippen LogP contribution is -2.54. The molecule has 0 aromatic heterocycles. The third-order valence-corrected chi connectivity index (χ3v) is 2.27. The fraction of sp³-hybridized carbons (Fsp3) is 0.727. The van der Waals surface area contributed by atoms with Gasteiger partial charge in [-0.05, 0) is 20.8 Å². The lowest BCUT2D eigenvalue weighted by atomic mass is 9.94. The highest BCUT2D eigenvalue weighted by atomic mass is 16.6. The molecule has 0 saturated carbocycles. The van der Waals surface area contributed by atoms with Crippen LogP contribution in [0.1, 0.15) is 20.8 Å². The number of hydrogen-bond acceptors (Lipinski definition) is 5. The average molecular weight is 245 g/mol. The normalized spacial score (nSPS) is 33.3. The molecule has 1 rings (SSSR count). The summed E-state index contributed by atoms with van der Waals surface area (Å²) in [6.45, 7) is 5.16. The standard InChI is InChI=1S/C11H19NO5/c1-11(2,3)17-10(16)12-6-4-5-7(13)9(15)8(6)14/h4-9,13-15H,1-3H3,(H,12,16)/t6-,7+,8-,9-/m0/s1. The number of carbonyl (C=O) groups is 1. The van der Waals surface area contributed by atoms with E-state index >= 15 is 0 Å². The predicted octanol–water partition coefficient (Wildman–Crippen LogP) is -0.468. The molecule has 98 valence electrons. The van der Waals surface area contributed by atoms with E-state index in [9.17, 15) is 20.1 Å². The van der Waals surface area contributed by atoms with E-state index in [1.54, 1.807) is 20.8 Å². The van der Waals surface area contributed by atoms with Crippen LogP contribution in [0.2, 0.25) is 0 Å². The summed E-state index contributed by atoms with van der Waals surface area (Å²) in [5.41, 5.74) is -0.633. The first-order valence-corrected chi connectivity index (χ1v) is 5.43. The molecule has 0 bridgehead atoms. The molecule has 6 heteroatoms. The fourth-order valence-corrected chi connectivity index (χ4v) is 1.45. The molecule has 0 aromatic carbocycles. The molecule has 0 fully saturated rings. The van der Waals surface area contributed by atoms with Gasteiger partial charge in [0.25, 0.3) is 0 Å². The first kappa shape index (κ1) is 14.0. The molecule has 4 atom stereocenters. The van der Waals surface area contributed by atoms with Crippen LogP contribution in [-0.2, 0) is 4.74 Å². The van der Waals surface area contributed by atoms with Gasteiger partial charge in [0.05, 0.1) is 6.04 Å². The molecule has 6 nitrogen and oxygen atoms in total. The summed E-state index contributed by atoms with van der Waals surface area (Å²) in [5.74, 6) is 0. The van der Waals surface area contributed by atoms with Crippen molar-refractivity contribution in [2.45, 2.75) is 50.7 Å². The highest BCUT2D eigenvalue weighted by Gasteiger charge is 2.34. The van der Waals surface area contributed by atoms with E-state index in [2.05, 4.69) is 5.32 Å². The maximum atomic E-state index is 11.4. The number of ether oxygens (including phenoxy) is 1. The van der Waals surface area contributed by atoms with E-state index in [0.717, 1.165) is 0 Å². The van der Waals surface area contributed by atoms with Crippen molar-refractivity contribution in [1.29, 1.82) is 0 Å². The van der Waals surface area contributed by atoms with E-state index in [-0.39, 0.29) is 0 Å². The summed E-state index contributed by atoms with van der Waals surface area (Å²) in [6.07, 6.45) is -1.65. The Kier molecular flexibility index (Phi) is 4.13. The van der Waals surface area contributed by atoms with Crippen molar-refractivity contribution in [3.8, 4) is 0 Å². The topological polar surface area (TPSA) is 99.0 Å². The van der Waals surface area contributed by atoms with Gasteiger partial charge in [-0.3, -0.25) is 0 Å². The fourth-order valence-electron chi connectivity index (χ4n) is 1.45. The molecular formula is C11H19NO5. The number of hydrogen-bond donors (Lipinski definition) is 4. The zero-order valence-electron chi connectivity index (χ0n) is 10.1. The van der Waals surface area contributed by atoms with E-state index in [4.69, 9.17) is 4.74 Å². The number of aliphatic hydroxyl groups is 3. The Bertz CT molecular complexity index is 309. The van der Waals surface area contributed by atoms with E-state index < -0.39 is 36.0 Å². The Morgan fingerprint density at radius 1 is 1.18 bits per heavy atom. The highest BCUT2D eigenvalue weighted by Crippen LogP contribution is 2.14. The highest BCUT2D eigenvalue weighted by molar-refractivity contribution is 5.68. The number of alkyl carbamates (subject to hydrolysis) is 1. The van der Waals surface area contributed by atoms with Crippen molar-refractivity contribution >= 4 is 6.09 Å². The van der Waals surface area contributed by atoms with Gasteiger partial charge in [0.2, 0.25) is 0 Å². The Balaban J connectivity index is 2.58. The first-order chi connectivity index (χ1) is 7.70. The quantitative estimate of drug-likeness (QED) is 0.468. The summed E-state index contributed by atoms with van der Waals surface area (Å²) >= 11 is 0. The third kappa shape index (κ3) is 3.99. The Labute approximate surface area is 99.9 Å². The minimum Gasteiger partial charge on any atom is -0.444 e. The largest absolute Gasteiger partial charge is 0.444 e. The summed E-state index contributed by atoms with van der Waals surface area (Å²) < 4.78 is 5.01. The lowest BCUT2D eigenvalue weighted by molar-refractivity contribution is -0.0572. The zero-order valence-corrected chi connectivity index (χ0v) is 10.1. The minimum absolute atomic E-state index is 0.633. The van der Waals surface area contributed by atoms with Crippen LogP contribution in [0.4, 0.5) is 4.79 Å². The van der Waals surface area contributed by atoms with E-state index in [1.807, 2.05) is 0 Å². The van der Waals surface area contributed by atoms with Crippen molar-refractivity contribution in [2.24, 2.45) is 0 Å². The van der Waals surface area contributed by atoms with E-state index in [0.29, 0.717) is 0 Å². The predicted molar refractivity (Wildman–Crippen MR) is 60.3 cm³/mol. The van der Waals surface area contributed by atoms with Gasteiger partial charge >= 0.3 is 6.09 Å².